The summed E-state index contributed by atoms with van der Waals surface area (Å²) < 4.78 is 13.5. The molecule has 0 aliphatic rings. The fourth-order valence-corrected chi connectivity index (χ4v) is 1.74. The lowest BCUT2D eigenvalue weighted by atomic mass is 10.1. The molecule has 0 aliphatic heterocycles. The summed E-state index contributed by atoms with van der Waals surface area (Å²) in [5, 5.41) is 2.68. The van der Waals surface area contributed by atoms with E-state index in [1.54, 1.807) is 6.07 Å². The lowest BCUT2D eigenvalue weighted by Gasteiger charge is -2.09. The monoisotopic (exact) mass is 283 g/mol. The van der Waals surface area contributed by atoms with Crippen LogP contribution in [0, 0.1) is 24.6 Å². The highest BCUT2D eigenvalue weighted by Crippen LogP contribution is 2.18. The van der Waals surface area contributed by atoms with Gasteiger partial charge in [-0.25, -0.2) is 4.39 Å². The predicted octanol–water partition coefficient (Wildman–Crippen LogP) is 2.09. The van der Waals surface area contributed by atoms with Crippen molar-refractivity contribution >= 4 is 11.6 Å². The van der Waals surface area contributed by atoms with Crippen molar-refractivity contribution in [2.45, 2.75) is 6.92 Å². The average molecular weight is 283 g/mol. The summed E-state index contributed by atoms with van der Waals surface area (Å²) >= 11 is 0. The van der Waals surface area contributed by atoms with E-state index in [2.05, 4.69) is 22.1 Å². The van der Waals surface area contributed by atoms with Gasteiger partial charge in [-0.05, 0) is 30.7 Å². The van der Waals surface area contributed by atoms with Gasteiger partial charge in [0.1, 0.15) is 0 Å². The van der Waals surface area contributed by atoms with Crippen LogP contribution in [0.4, 0.5) is 10.1 Å². The third kappa shape index (κ3) is 3.65. The first-order chi connectivity index (χ1) is 10.1. The lowest BCUT2D eigenvalue weighted by Crippen LogP contribution is -2.14. The molecule has 0 saturated carbocycles. The number of benzene rings is 1. The van der Waals surface area contributed by atoms with Gasteiger partial charge in [0, 0.05) is 17.4 Å². The predicted molar refractivity (Wildman–Crippen MR) is 79.3 cm³/mol. The molecule has 1 heterocycles. The van der Waals surface area contributed by atoms with Gasteiger partial charge in [-0.2, -0.15) is 0 Å². The minimum absolute atomic E-state index is 0.0529. The molecule has 0 unspecified atom stereocenters. The summed E-state index contributed by atoms with van der Waals surface area (Å²) in [4.78, 5) is 15.7. The highest BCUT2D eigenvalue weighted by atomic mass is 19.1. The van der Waals surface area contributed by atoms with E-state index in [1.165, 1.54) is 12.3 Å². The van der Waals surface area contributed by atoms with Crippen LogP contribution in [0.2, 0.25) is 0 Å². The maximum atomic E-state index is 13.5. The van der Waals surface area contributed by atoms with Crippen molar-refractivity contribution in [3.63, 3.8) is 0 Å². The molecule has 0 atom stereocenters. The first kappa shape index (κ1) is 14.7. The highest BCUT2D eigenvalue weighted by Gasteiger charge is 2.12. The normalized spacial score (nSPS) is 9.67. The summed E-state index contributed by atoms with van der Waals surface area (Å²) in [6.45, 7) is 2.11. The second-order valence-corrected chi connectivity index (χ2v) is 4.35. The molecule has 3 N–H and O–H groups in total. The number of pyridine rings is 1. The molecule has 21 heavy (non-hydrogen) atoms. The maximum absolute atomic E-state index is 13.5. The van der Waals surface area contributed by atoms with Crippen LogP contribution in [-0.4, -0.2) is 17.4 Å². The molecule has 1 amide bonds. The molecule has 0 radical (unpaired) electrons. The van der Waals surface area contributed by atoms with E-state index in [0.29, 0.717) is 5.69 Å². The van der Waals surface area contributed by atoms with Crippen LogP contribution in [0.25, 0.3) is 0 Å². The van der Waals surface area contributed by atoms with Crippen molar-refractivity contribution in [2.24, 2.45) is 5.73 Å². The highest BCUT2D eigenvalue weighted by molar-refractivity contribution is 6.04. The minimum Gasteiger partial charge on any atom is -0.322 e. The van der Waals surface area contributed by atoms with Gasteiger partial charge in [-0.3, -0.25) is 9.78 Å². The molecular formula is C16H14FN3O. The van der Waals surface area contributed by atoms with E-state index >= 15 is 0 Å². The van der Waals surface area contributed by atoms with Crippen LogP contribution in [0.1, 0.15) is 21.5 Å². The third-order valence-corrected chi connectivity index (χ3v) is 2.84. The number of carbonyl (C=O) groups excluding carboxylic acids is 1. The van der Waals surface area contributed by atoms with Gasteiger partial charge in [0.15, 0.2) is 5.82 Å². The molecule has 4 nitrogen and oxygen atoms in total. The van der Waals surface area contributed by atoms with Gasteiger partial charge in [0.25, 0.3) is 5.91 Å². The zero-order valence-corrected chi connectivity index (χ0v) is 11.5. The summed E-state index contributed by atoms with van der Waals surface area (Å²) in [5.41, 5.74) is 7.45. The van der Waals surface area contributed by atoms with Crippen molar-refractivity contribution in [1.29, 1.82) is 0 Å². The molecular weight excluding hydrogens is 269 g/mol. The number of aryl methyl sites for hydroxylation is 1. The number of halogens is 1. The smallest absolute Gasteiger partial charge is 0.258 e. The van der Waals surface area contributed by atoms with Crippen LogP contribution in [0.5, 0.6) is 0 Å². The van der Waals surface area contributed by atoms with Crippen molar-refractivity contribution in [1.82, 2.24) is 4.98 Å². The van der Waals surface area contributed by atoms with Gasteiger partial charge >= 0.3 is 0 Å². The largest absolute Gasteiger partial charge is 0.322 e. The van der Waals surface area contributed by atoms with Crippen molar-refractivity contribution in [3.05, 3.63) is 59.2 Å². The summed E-state index contributed by atoms with van der Waals surface area (Å²) in [5.74, 6) is 4.44. The molecule has 0 spiro atoms. The zero-order valence-electron chi connectivity index (χ0n) is 11.5. The van der Waals surface area contributed by atoms with Crippen LogP contribution >= 0.6 is 0 Å². The van der Waals surface area contributed by atoms with E-state index in [1.807, 2.05) is 19.1 Å². The Morgan fingerprint density at radius 2 is 2.24 bits per heavy atom. The molecule has 0 saturated heterocycles. The molecule has 0 aliphatic carbocycles. The van der Waals surface area contributed by atoms with Gasteiger partial charge < -0.3 is 11.1 Å². The number of anilines is 1. The first-order valence-electron chi connectivity index (χ1n) is 6.32. The van der Waals surface area contributed by atoms with Gasteiger partial charge in [0.2, 0.25) is 0 Å². The Kier molecular flexibility index (Phi) is 4.64. The molecule has 1 aromatic carbocycles. The van der Waals surface area contributed by atoms with Crippen LogP contribution in [-0.2, 0) is 0 Å². The molecule has 106 valence electrons. The zero-order chi connectivity index (χ0) is 15.2. The second-order valence-electron chi connectivity index (χ2n) is 4.35. The van der Waals surface area contributed by atoms with Crippen molar-refractivity contribution in [3.8, 4) is 11.8 Å². The summed E-state index contributed by atoms with van der Waals surface area (Å²) in [6, 6.07) is 6.73. The molecule has 0 bridgehead atoms. The van der Waals surface area contributed by atoms with E-state index in [-0.39, 0.29) is 12.1 Å². The number of nitrogens with zero attached hydrogens (tertiary/aromatic N) is 1. The Balaban J connectivity index is 2.27. The number of amides is 1. The number of aromatic nitrogens is 1. The lowest BCUT2D eigenvalue weighted by molar-refractivity contribution is 0.102. The Hall–Kier alpha value is -2.71. The van der Waals surface area contributed by atoms with Gasteiger partial charge in [-0.1, -0.05) is 17.9 Å². The molecule has 5 heteroatoms. The third-order valence-electron chi connectivity index (χ3n) is 2.84. The van der Waals surface area contributed by atoms with E-state index < -0.39 is 11.7 Å². The number of carbonyl (C=O) groups is 1. The summed E-state index contributed by atoms with van der Waals surface area (Å²) in [7, 11) is 0. The Morgan fingerprint density at radius 3 is 2.95 bits per heavy atom. The van der Waals surface area contributed by atoms with E-state index in [9.17, 15) is 9.18 Å². The van der Waals surface area contributed by atoms with Gasteiger partial charge in [0.05, 0.1) is 18.3 Å². The van der Waals surface area contributed by atoms with Crippen molar-refractivity contribution < 1.29 is 9.18 Å². The number of nitrogens with two attached hydrogens (primary N) is 1. The average Bonchev–Trinajstić information content (AvgIpc) is 2.48. The Morgan fingerprint density at radius 1 is 1.43 bits per heavy atom. The minimum atomic E-state index is -0.660. The fraction of sp³-hybridized carbons (Fsp3) is 0.125. The second kappa shape index (κ2) is 6.64. The van der Waals surface area contributed by atoms with Crippen LogP contribution < -0.4 is 11.1 Å². The topological polar surface area (TPSA) is 68.0 Å². The van der Waals surface area contributed by atoms with Gasteiger partial charge in [-0.15, -0.1) is 0 Å². The van der Waals surface area contributed by atoms with Crippen LogP contribution in [0.3, 0.4) is 0 Å². The Bertz CT molecular complexity index is 732. The fourth-order valence-electron chi connectivity index (χ4n) is 1.74. The number of nitrogens with one attached hydrogen (secondary N) is 1. The number of rotatable bonds is 2. The van der Waals surface area contributed by atoms with Crippen molar-refractivity contribution in [2.75, 3.05) is 11.9 Å². The first-order valence-corrected chi connectivity index (χ1v) is 6.32. The molecule has 0 fully saturated rings. The molecule has 2 rings (SSSR count). The standard InChI is InChI=1S/C16H14FN3O/c1-11-4-5-12(3-2-7-18)9-15(11)20-16(21)13-6-8-19-10-14(13)17/h4-6,8-10H,7,18H2,1H3,(H,20,21). The number of hydrogen-bond acceptors (Lipinski definition) is 3. The van der Waals surface area contributed by atoms with E-state index in [4.69, 9.17) is 5.73 Å². The van der Waals surface area contributed by atoms with Crippen LogP contribution in [0.15, 0.2) is 36.7 Å². The Labute approximate surface area is 122 Å². The molecule has 1 aromatic heterocycles. The quantitative estimate of drug-likeness (QED) is 0.829. The summed E-state index contributed by atoms with van der Waals surface area (Å²) in [6.07, 6.45) is 2.37. The number of hydrogen-bond donors (Lipinski definition) is 2. The maximum Gasteiger partial charge on any atom is 0.258 e. The SMILES string of the molecule is Cc1ccc(C#CCN)cc1NC(=O)c1ccncc1F. The molecule has 2 aromatic rings. The van der Waals surface area contributed by atoms with E-state index in [0.717, 1.165) is 17.3 Å².